The van der Waals surface area contributed by atoms with Gasteiger partial charge in [-0.1, -0.05) is 6.07 Å². The van der Waals surface area contributed by atoms with Crippen molar-refractivity contribution < 1.29 is 9.53 Å². The Labute approximate surface area is 93.8 Å². The van der Waals surface area contributed by atoms with Gasteiger partial charge in [-0.15, -0.1) is 0 Å². The summed E-state index contributed by atoms with van der Waals surface area (Å²) in [5, 5.41) is 5.31. The van der Waals surface area contributed by atoms with Crippen LogP contribution in [0.1, 0.15) is 30.2 Å². The van der Waals surface area contributed by atoms with Crippen molar-refractivity contribution in [2.45, 2.75) is 19.9 Å². The topological polar surface area (TPSA) is 44.1 Å². The fraction of sp³-hybridized carbons (Fsp3) is 0.333. The van der Waals surface area contributed by atoms with Crippen LogP contribution in [0.15, 0.2) is 24.4 Å². The van der Waals surface area contributed by atoms with Gasteiger partial charge >= 0.3 is 5.97 Å². The summed E-state index contributed by atoms with van der Waals surface area (Å²) in [5.41, 5.74) is 1.51. The molecule has 4 heteroatoms. The molecule has 0 unspecified atom stereocenters. The predicted octanol–water partition coefficient (Wildman–Crippen LogP) is 2.40. The van der Waals surface area contributed by atoms with Crippen LogP contribution in [0.3, 0.4) is 0 Å². The van der Waals surface area contributed by atoms with Gasteiger partial charge in [-0.05, 0) is 26.0 Å². The molecule has 0 atom stereocenters. The molecule has 1 heterocycles. The van der Waals surface area contributed by atoms with Gasteiger partial charge in [0.1, 0.15) is 0 Å². The van der Waals surface area contributed by atoms with E-state index in [4.69, 9.17) is 4.74 Å². The number of carbonyl (C=O) groups excluding carboxylic acids is 1. The summed E-state index contributed by atoms with van der Waals surface area (Å²) in [5.74, 6) is -0.321. The van der Waals surface area contributed by atoms with E-state index < -0.39 is 0 Å². The van der Waals surface area contributed by atoms with Gasteiger partial charge in [0.25, 0.3) is 0 Å². The van der Waals surface area contributed by atoms with Crippen molar-refractivity contribution in [3.05, 3.63) is 30.0 Å². The van der Waals surface area contributed by atoms with Crippen LogP contribution >= 0.6 is 0 Å². The van der Waals surface area contributed by atoms with E-state index in [9.17, 15) is 4.79 Å². The smallest absolute Gasteiger partial charge is 0.337 e. The number of esters is 1. The van der Waals surface area contributed by atoms with Gasteiger partial charge in [-0.3, -0.25) is 4.68 Å². The first-order chi connectivity index (χ1) is 7.63. The molecule has 0 aliphatic carbocycles. The number of hydrogen-bond acceptors (Lipinski definition) is 3. The lowest BCUT2D eigenvalue weighted by Crippen LogP contribution is -2.04. The number of methoxy groups -OCH3 is 1. The third-order valence-electron chi connectivity index (χ3n) is 2.51. The van der Waals surface area contributed by atoms with E-state index in [2.05, 4.69) is 18.9 Å². The van der Waals surface area contributed by atoms with Gasteiger partial charge in [0, 0.05) is 11.4 Å². The number of nitrogens with zero attached hydrogens (tertiary/aromatic N) is 2. The number of hydrogen-bond donors (Lipinski definition) is 0. The Balaban J connectivity index is 2.58. The Kier molecular flexibility index (Phi) is 2.64. The molecule has 0 saturated carbocycles. The maximum absolute atomic E-state index is 11.4. The molecule has 4 nitrogen and oxygen atoms in total. The Hall–Kier alpha value is -1.84. The first-order valence-electron chi connectivity index (χ1n) is 5.19. The quantitative estimate of drug-likeness (QED) is 0.727. The molecule has 0 fully saturated rings. The molecular formula is C12H14N2O2. The highest BCUT2D eigenvalue weighted by Gasteiger charge is 2.10. The van der Waals surface area contributed by atoms with E-state index in [1.807, 2.05) is 16.8 Å². The summed E-state index contributed by atoms with van der Waals surface area (Å²) in [6, 6.07) is 5.72. The van der Waals surface area contributed by atoms with Crippen molar-refractivity contribution in [3.8, 4) is 0 Å². The Morgan fingerprint density at radius 1 is 1.44 bits per heavy atom. The molecule has 2 aromatic rings. The Morgan fingerprint density at radius 3 is 2.81 bits per heavy atom. The second-order valence-corrected chi connectivity index (χ2v) is 3.95. The lowest BCUT2D eigenvalue weighted by Gasteiger charge is -2.07. The molecule has 0 N–H and O–H groups in total. The second-order valence-electron chi connectivity index (χ2n) is 3.95. The van der Waals surface area contributed by atoms with E-state index >= 15 is 0 Å². The van der Waals surface area contributed by atoms with Crippen molar-refractivity contribution in [2.75, 3.05) is 7.11 Å². The standard InChI is InChI=1S/C12H14N2O2/c1-8(2)14-11-6-9(12(15)16-3)4-5-10(11)7-13-14/h4-8H,1-3H3. The lowest BCUT2D eigenvalue weighted by atomic mass is 10.1. The maximum Gasteiger partial charge on any atom is 0.337 e. The normalized spacial score (nSPS) is 11.0. The van der Waals surface area contributed by atoms with Crippen LogP contribution in [0.4, 0.5) is 0 Å². The average Bonchev–Trinajstić information content (AvgIpc) is 2.70. The second kappa shape index (κ2) is 3.96. The van der Waals surface area contributed by atoms with E-state index in [1.54, 1.807) is 12.3 Å². The maximum atomic E-state index is 11.4. The third-order valence-corrected chi connectivity index (χ3v) is 2.51. The van der Waals surface area contributed by atoms with E-state index in [0.29, 0.717) is 5.56 Å². The largest absolute Gasteiger partial charge is 0.465 e. The van der Waals surface area contributed by atoms with Crippen LogP contribution in [0, 0.1) is 0 Å². The lowest BCUT2D eigenvalue weighted by molar-refractivity contribution is 0.0601. The minimum Gasteiger partial charge on any atom is -0.465 e. The number of fused-ring (bicyclic) bond motifs is 1. The molecule has 84 valence electrons. The first kappa shape index (κ1) is 10.7. The van der Waals surface area contributed by atoms with Crippen LogP contribution in [-0.4, -0.2) is 22.9 Å². The molecule has 0 radical (unpaired) electrons. The molecule has 0 spiro atoms. The van der Waals surface area contributed by atoms with Crippen LogP contribution in [0.2, 0.25) is 0 Å². The van der Waals surface area contributed by atoms with Crippen molar-refractivity contribution in [1.29, 1.82) is 0 Å². The highest BCUT2D eigenvalue weighted by atomic mass is 16.5. The number of aromatic nitrogens is 2. The van der Waals surface area contributed by atoms with Crippen LogP contribution in [0.25, 0.3) is 10.9 Å². The molecule has 0 aliphatic heterocycles. The molecular weight excluding hydrogens is 204 g/mol. The summed E-state index contributed by atoms with van der Waals surface area (Å²) in [7, 11) is 1.38. The molecule has 0 saturated heterocycles. The minimum atomic E-state index is -0.321. The highest BCUT2D eigenvalue weighted by molar-refractivity contribution is 5.94. The average molecular weight is 218 g/mol. The van der Waals surface area contributed by atoms with Gasteiger partial charge < -0.3 is 4.74 Å². The van der Waals surface area contributed by atoms with Crippen LogP contribution in [-0.2, 0) is 4.74 Å². The summed E-state index contributed by atoms with van der Waals surface area (Å²) in [6.45, 7) is 4.11. The van der Waals surface area contributed by atoms with Crippen LogP contribution < -0.4 is 0 Å². The van der Waals surface area contributed by atoms with Gasteiger partial charge in [-0.25, -0.2) is 4.79 Å². The summed E-state index contributed by atoms with van der Waals surface area (Å²) in [6.07, 6.45) is 1.80. The van der Waals surface area contributed by atoms with Crippen molar-refractivity contribution >= 4 is 16.9 Å². The van der Waals surface area contributed by atoms with Gasteiger partial charge in [0.05, 0.1) is 24.4 Å². The fourth-order valence-corrected chi connectivity index (χ4v) is 1.69. The van der Waals surface area contributed by atoms with Gasteiger partial charge in [0.2, 0.25) is 0 Å². The zero-order valence-electron chi connectivity index (χ0n) is 9.60. The van der Waals surface area contributed by atoms with E-state index in [-0.39, 0.29) is 12.0 Å². The summed E-state index contributed by atoms with van der Waals surface area (Å²) < 4.78 is 6.58. The zero-order valence-corrected chi connectivity index (χ0v) is 9.60. The number of carbonyl (C=O) groups is 1. The van der Waals surface area contributed by atoms with Crippen molar-refractivity contribution in [3.63, 3.8) is 0 Å². The number of ether oxygens (including phenoxy) is 1. The van der Waals surface area contributed by atoms with Gasteiger partial charge in [0.15, 0.2) is 0 Å². The van der Waals surface area contributed by atoms with Crippen molar-refractivity contribution in [1.82, 2.24) is 9.78 Å². The summed E-state index contributed by atoms with van der Waals surface area (Å²) >= 11 is 0. The molecule has 0 bridgehead atoms. The molecule has 0 amide bonds. The van der Waals surface area contributed by atoms with Crippen LogP contribution in [0.5, 0.6) is 0 Å². The molecule has 1 aromatic heterocycles. The predicted molar refractivity (Wildman–Crippen MR) is 61.5 cm³/mol. The van der Waals surface area contributed by atoms with E-state index in [0.717, 1.165) is 10.9 Å². The van der Waals surface area contributed by atoms with Crippen molar-refractivity contribution in [2.24, 2.45) is 0 Å². The SMILES string of the molecule is COC(=O)c1ccc2cnn(C(C)C)c2c1. The fourth-order valence-electron chi connectivity index (χ4n) is 1.69. The molecule has 16 heavy (non-hydrogen) atoms. The Bertz CT molecular complexity index is 529. The first-order valence-corrected chi connectivity index (χ1v) is 5.19. The summed E-state index contributed by atoms with van der Waals surface area (Å²) in [4.78, 5) is 11.4. The number of rotatable bonds is 2. The monoisotopic (exact) mass is 218 g/mol. The zero-order chi connectivity index (χ0) is 11.7. The molecule has 2 rings (SSSR count). The van der Waals surface area contributed by atoms with E-state index in [1.165, 1.54) is 7.11 Å². The molecule has 0 aliphatic rings. The van der Waals surface area contributed by atoms with Gasteiger partial charge in [-0.2, -0.15) is 5.10 Å². The molecule has 1 aromatic carbocycles. The number of benzene rings is 1. The third kappa shape index (κ3) is 1.66. The minimum absolute atomic E-state index is 0.269. The Morgan fingerprint density at radius 2 is 2.19 bits per heavy atom. The highest BCUT2D eigenvalue weighted by Crippen LogP contribution is 2.19.